The zero-order valence-corrected chi connectivity index (χ0v) is 16.8. The van der Waals surface area contributed by atoms with Crippen molar-refractivity contribution in [1.82, 2.24) is 4.90 Å². The monoisotopic (exact) mass is 363 g/mol. The Kier molecular flexibility index (Phi) is 5.34. The highest BCUT2D eigenvalue weighted by molar-refractivity contribution is 6.74. The molecular formula is C19H26FNO3Si. The second-order valence-corrected chi connectivity index (χ2v) is 12.8. The van der Waals surface area contributed by atoms with Crippen molar-refractivity contribution >= 4 is 20.1 Å². The lowest BCUT2D eigenvalue weighted by atomic mass is 10.1. The molecule has 0 saturated heterocycles. The number of amides is 2. The standard InChI is InChI=1S/C19H26FNO3Si/c1-13(12-24-25(5,6)19(2,3)4)16(20)11-21-17(22)14-9-7-8-10-15(14)18(21)23/h7-10H,11-12H2,1-6H3/b16-13-. The zero-order chi connectivity index (χ0) is 19.0. The van der Waals surface area contributed by atoms with Crippen LogP contribution in [0.3, 0.4) is 0 Å². The van der Waals surface area contributed by atoms with Crippen molar-refractivity contribution in [2.45, 2.75) is 45.8 Å². The molecule has 0 fully saturated rings. The van der Waals surface area contributed by atoms with Crippen LogP contribution in [0.2, 0.25) is 18.1 Å². The second kappa shape index (κ2) is 6.84. The first-order valence-corrected chi connectivity index (χ1v) is 11.3. The molecule has 1 aliphatic rings. The van der Waals surface area contributed by atoms with Gasteiger partial charge in [0.15, 0.2) is 8.32 Å². The number of hydrogen-bond donors (Lipinski definition) is 0. The van der Waals surface area contributed by atoms with Crippen molar-refractivity contribution in [2.24, 2.45) is 0 Å². The first-order chi connectivity index (χ1) is 11.5. The predicted molar refractivity (Wildman–Crippen MR) is 98.8 cm³/mol. The minimum absolute atomic E-state index is 0.0340. The molecule has 2 amide bonds. The van der Waals surface area contributed by atoms with Crippen LogP contribution < -0.4 is 0 Å². The van der Waals surface area contributed by atoms with Gasteiger partial charge in [-0.3, -0.25) is 14.5 Å². The molecule has 0 aliphatic carbocycles. The quantitative estimate of drug-likeness (QED) is 0.570. The molecule has 0 bridgehead atoms. The Hall–Kier alpha value is -1.79. The van der Waals surface area contributed by atoms with E-state index in [0.29, 0.717) is 16.7 Å². The third kappa shape index (κ3) is 3.90. The molecule has 1 aliphatic heterocycles. The number of fused-ring (bicyclic) bond motifs is 1. The topological polar surface area (TPSA) is 46.6 Å². The first-order valence-electron chi connectivity index (χ1n) is 8.39. The number of nitrogens with zero attached hydrogens (tertiary/aromatic N) is 1. The molecule has 136 valence electrons. The van der Waals surface area contributed by atoms with Gasteiger partial charge in [-0.15, -0.1) is 0 Å². The van der Waals surface area contributed by atoms with E-state index in [-0.39, 0.29) is 18.2 Å². The maximum atomic E-state index is 14.6. The first kappa shape index (κ1) is 19.5. The molecular weight excluding hydrogens is 337 g/mol. The summed E-state index contributed by atoms with van der Waals surface area (Å²) in [7, 11) is -1.98. The Balaban J connectivity index is 2.09. The van der Waals surface area contributed by atoms with Crippen molar-refractivity contribution in [1.29, 1.82) is 0 Å². The Morgan fingerprint density at radius 2 is 1.60 bits per heavy atom. The summed E-state index contributed by atoms with van der Waals surface area (Å²) in [5.74, 6) is -1.39. The lowest BCUT2D eigenvalue weighted by Gasteiger charge is -2.36. The lowest BCUT2D eigenvalue weighted by molar-refractivity contribution is 0.0659. The Morgan fingerprint density at radius 3 is 2.04 bits per heavy atom. The van der Waals surface area contributed by atoms with E-state index in [1.807, 2.05) is 0 Å². The third-order valence-corrected chi connectivity index (χ3v) is 9.57. The predicted octanol–water partition coefficient (Wildman–Crippen LogP) is 4.55. The largest absolute Gasteiger partial charge is 0.413 e. The number of carbonyl (C=O) groups excluding carboxylic acids is 2. The number of rotatable bonds is 5. The van der Waals surface area contributed by atoms with Crippen LogP contribution in [0.1, 0.15) is 48.4 Å². The van der Waals surface area contributed by atoms with Gasteiger partial charge in [0.05, 0.1) is 24.3 Å². The van der Waals surface area contributed by atoms with Gasteiger partial charge in [0.2, 0.25) is 0 Å². The average Bonchev–Trinajstić information content (AvgIpc) is 2.77. The number of benzene rings is 1. The van der Waals surface area contributed by atoms with Crippen LogP contribution in [-0.2, 0) is 4.43 Å². The minimum atomic E-state index is -1.98. The molecule has 6 heteroatoms. The van der Waals surface area contributed by atoms with Crippen LogP contribution in [0.25, 0.3) is 0 Å². The van der Waals surface area contributed by atoms with Crippen LogP contribution in [-0.4, -0.2) is 38.2 Å². The summed E-state index contributed by atoms with van der Waals surface area (Å²) in [5.41, 5.74) is 1.08. The zero-order valence-electron chi connectivity index (χ0n) is 15.8. The lowest BCUT2D eigenvalue weighted by Crippen LogP contribution is -2.41. The molecule has 1 aromatic carbocycles. The Labute approximate surface area is 149 Å². The maximum Gasteiger partial charge on any atom is 0.261 e. The second-order valence-electron chi connectivity index (χ2n) is 7.98. The molecule has 0 N–H and O–H groups in total. The summed E-state index contributed by atoms with van der Waals surface area (Å²) < 4.78 is 20.6. The van der Waals surface area contributed by atoms with Crippen LogP contribution in [0.5, 0.6) is 0 Å². The molecule has 0 aromatic heterocycles. The van der Waals surface area contributed by atoms with Gasteiger partial charge in [-0.25, -0.2) is 4.39 Å². The van der Waals surface area contributed by atoms with Crippen molar-refractivity contribution in [3.05, 3.63) is 46.8 Å². The van der Waals surface area contributed by atoms with Crippen LogP contribution >= 0.6 is 0 Å². The minimum Gasteiger partial charge on any atom is -0.413 e. The van der Waals surface area contributed by atoms with E-state index < -0.39 is 26.0 Å². The Morgan fingerprint density at radius 1 is 1.12 bits per heavy atom. The molecule has 2 rings (SSSR count). The van der Waals surface area contributed by atoms with Crippen molar-refractivity contribution in [3.8, 4) is 0 Å². The molecule has 25 heavy (non-hydrogen) atoms. The number of carbonyl (C=O) groups is 2. The van der Waals surface area contributed by atoms with Crippen molar-refractivity contribution in [2.75, 3.05) is 13.2 Å². The molecule has 4 nitrogen and oxygen atoms in total. The van der Waals surface area contributed by atoms with Crippen LogP contribution in [0.4, 0.5) is 4.39 Å². The van der Waals surface area contributed by atoms with E-state index in [0.717, 1.165) is 4.90 Å². The molecule has 0 radical (unpaired) electrons. The summed E-state index contributed by atoms with van der Waals surface area (Å²) in [6, 6.07) is 6.56. The summed E-state index contributed by atoms with van der Waals surface area (Å²) >= 11 is 0. The number of imide groups is 1. The van der Waals surface area contributed by atoms with Crippen molar-refractivity contribution < 1.29 is 18.4 Å². The fourth-order valence-corrected chi connectivity index (χ4v) is 3.25. The highest BCUT2D eigenvalue weighted by Gasteiger charge is 2.38. The molecule has 0 saturated carbocycles. The van der Waals surface area contributed by atoms with E-state index in [1.54, 1.807) is 31.2 Å². The maximum absolute atomic E-state index is 14.6. The van der Waals surface area contributed by atoms with Gasteiger partial charge in [-0.1, -0.05) is 32.9 Å². The number of hydrogen-bond acceptors (Lipinski definition) is 3. The van der Waals surface area contributed by atoms with Crippen LogP contribution in [0, 0.1) is 0 Å². The van der Waals surface area contributed by atoms with E-state index in [9.17, 15) is 14.0 Å². The average molecular weight is 364 g/mol. The smallest absolute Gasteiger partial charge is 0.261 e. The fraction of sp³-hybridized carbons (Fsp3) is 0.474. The fourth-order valence-electron chi connectivity index (χ4n) is 2.24. The van der Waals surface area contributed by atoms with E-state index in [4.69, 9.17) is 4.43 Å². The van der Waals surface area contributed by atoms with E-state index >= 15 is 0 Å². The van der Waals surface area contributed by atoms with E-state index in [1.165, 1.54) is 0 Å². The van der Waals surface area contributed by atoms with Gasteiger partial charge in [-0.05, 0) is 42.8 Å². The molecule has 1 heterocycles. The van der Waals surface area contributed by atoms with Gasteiger partial charge in [0.25, 0.3) is 11.8 Å². The normalized spacial score (nSPS) is 16.2. The SMILES string of the molecule is C/C(CO[Si](C)(C)C(C)(C)C)=C(/F)CN1C(=O)c2ccccc2C1=O. The summed E-state index contributed by atoms with van der Waals surface area (Å²) in [6.45, 7) is 12.0. The molecule has 0 unspecified atom stereocenters. The molecule has 1 aromatic rings. The van der Waals surface area contributed by atoms with Crippen LogP contribution in [0.15, 0.2) is 35.7 Å². The molecule has 0 atom stereocenters. The Bertz CT molecular complexity index is 699. The summed E-state index contributed by atoms with van der Waals surface area (Å²) in [6.07, 6.45) is 0. The van der Waals surface area contributed by atoms with Gasteiger partial charge < -0.3 is 4.43 Å². The van der Waals surface area contributed by atoms with E-state index in [2.05, 4.69) is 33.9 Å². The highest BCUT2D eigenvalue weighted by atomic mass is 28.4. The van der Waals surface area contributed by atoms with Crippen molar-refractivity contribution in [3.63, 3.8) is 0 Å². The van der Waals surface area contributed by atoms with Gasteiger partial charge >= 0.3 is 0 Å². The summed E-state index contributed by atoms with van der Waals surface area (Å²) in [4.78, 5) is 25.6. The number of halogens is 1. The third-order valence-electron chi connectivity index (χ3n) is 5.09. The highest BCUT2D eigenvalue weighted by Crippen LogP contribution is 2.37. The van der Waals surface area contributed by atoms with Gasteiger partial charge in [0, 0.05) is 0 Å². The van der Waals surface area contributed by atoms with Gasteiger partial charge in [0.1, 0.15) is 5.83 Å². The summed E-state index contributed by atoms with van der Waals surface area (Å²) in [5, 5.41) is 0.0340. The molecule has 0 spiro atoms. The van der Waals surface area contributed by atoms with Gasteiger partial charge in [-0.2, -0.15) is 0 Å².